The molecule has 3 aromatic rings. The van der Waals surface area contributed by atoms with Gasteiger partial charge >= 0.3 is 0 Å². The lowest BCUT2D eigenvalue weighted by Gasteiger charge is -2.07. The highest BCUT2D eigenvalue weighted by Crippen LogP contribution is 2.27. The Labute approximate surface area is 116 Å². The predicted molar refractivity (Wildman–Crippen MR) is 77.8 cm³/mol. The molecule has 0 saturated carbocycles. The minimum atomic E-state index is 0.593. The number of nitrogens with zero attached hydrogens (tertiary/aromatic N) is 3. The summed E-state index contributed by atoms with van der Waals surface area (Å²) in [4.78, 5) is 8.95. The number of fused-ring (bicyclic) bond motifs is 1. The normalized spacial score (nSPS) is 10.7. The van der Waals surface area contributed by atoms with Crippen LogP contribution in [0.1, 0.15) is 6.92 Å². The van der Waals surface area contributed by atoms with Crippen molar-refractivity contribution in [3.63, 3.8) is 0 Å². The lowest BCUT2D eigenvalue weighted by atomic mass is 10.1. The van der Waals surface area contributed by atoms with Crippen LogP contribution < -0.4 is 10.1 Å². The number of hydrogen-bond acceptors (Lipinski definition) is 5. The molecule has 2 N–H and O–H groups in total. The second-order valence-electron chi connectivity index (χ2n) is 4.29. The molecule has 0 amide bonds. The standard InChI is InChI=1S/C14H15N5O/c1-3-15-14-17-12(11-8-16-19-13(11)18-14)9-4-6-10(20-2)7-5-9/h4-8H,3H2,1-2H3,(H2,15,16,17,18,19). The Kier molecular flexibility index (Phi) is 3.20. The van der Waals surface area contributed by atoms with E-state index in [-0.39, 0.29) is 0 Å². The molecule has 0 bridgehead atoms. The Morgan fingerprint density at radius 3 is 2.70 bits per heavy atom. The number of H-pyrrole nitrogens is 1. The molecular weight excluding hydrogens is 254 g/mol. The highest BCUT2D eigenvalue weighted by Gasteiger charge is 2.11. The number of ether oxygens (including phenoxy) is 1. The van der Waals surface area contributed by atoms with Gasteiger partial charge in [-0.1, -0.05) is 0 Å². The fraction of sp³-hybridized carbons (Fsp3) is 0.214. The van der Waals surface area contributed by atoms with Crippen LogP contribution in [0.4, 0.5) is 5.95 Å². The molecule has 0 fully saturated rings. The molecular formula is C14H15N5O. The molecule has 0 unspecified atom stereocenters. The summed E-state index contributed by atoms with van der Waals surface area (Å²) in [6, 6.07) is 7.78. The van der Waals surface area contributed by atoms with E-state index in [9.17, 15) is 0 Å². The number of hydrogen-bond donors (Lipinski definition) is 2. The van der Waals surface area contributed by atoms with Gasteiger partial charge < -0.3 is 10.1 Å². The van der Waals surface area contributed by atoms with E-state index in [1.54, 1.807) is 13.3 Å². The van der Waals surface area contributed by atoms with Crippen molar-refractivity contribution in [2.24, 2.45) is 0 Å². The largest absolute Gasteiger partial charge is 0.497 e. The van der Waals surface area contributed by atoms with Gasteiger partial charge in [0.2, 0.25) is 5.95 Å². The number of aromatic amines is 1. The molecule has 20 heavy (non-hydrogen) atoms. The average Bonchev–Trinajstić information content (AvgIpc) is 2.95. The van der Waals surface area contributed by atoms with Gasteiger partial charge in [0.05, 0.1) is 24.4 Å². The lowest BCUT2D eigenvalue weighted by Crippen LogP contribution is -2.03. The van der Waals surface area contributed by atoms with Gasteiger partial charge in [-0.2, -0.15) is 10.1 Å². The molecule has 6 nitrogen and oxygen atoms in total. The molecule has 0 spiro atoms. The molecule has 0 aliphatic carbocycles. The zero-order chi connectivity index (χ0) is 13.9. The van der Waals surface area contributed by atoms with Crippen LogP contribution in [0.2, 0.25) is 0 Å². The minimum Gasteiger partial charge on any atom is -0.497 e. The smallest absolute Gasteiger partial charge is 0.225 e. The summed E-state index contributed by atoms with van der Waals surface area (Å²) >= 11 is 0. The minimum absolute atomic E-state index is 0.593. The summed E-state index contributed by atoms with van der Waals surface area (Å²) in [5, 5.41) is 11.0. The molecule has 2 aromatic heterocycles. The molecule has 3 rings (SSSR count). The van der Waals surface area contributed by atoms with Crippen LogP contribution >= 0.6 is 0 Å². The van der Waals surface area contributed by atoms with Crippen molar-refractivity contribution < 1.29 is 4.74 Å². The molecule has 6 heteroatoms. The SMILES string of the molecule is CCNc1nc(-c2ccc(OC)cc2)c2cn[nH]c2n1. The molecule has 0 radical (unpaired) electrons. The van der Waals surface area contributed by atoms with Gasteiger partial charge in [0.25, 0.3) is 0 Å². The Bertz CT molecular complexity index is 720. The third kappa shape index (κ3) is 2.16. The molecule has 102 valence electrons. The topological polar surface area (TPSA) is 75.7 Å². The Morgan fingerprint density at radius 2 is 2.00 bits per heavy atom. The maximum absolute atomic E-state index is 5.18. The summed E-state index contributed by atoms with van der Waals surface area (Å²) in [7, 11) is 1.65. The maximum atomic E-state index is 5.18. The molecule has 0 aliphatic rings. The zero-order valence-corrected chi connectivity index (χ0v) is 11.3. The Morgan fingerprint density at radius 1 is 1.20 bits per heavy atom. The van der Waals surface area contributed by atoms with E-state index in [2.05, 4.69) is 25.5 Å². The quantitative estimate of drug-likeness (QED) is 0.761. The van der Waals surface area contributed by atoms with E-state index in [0.717, 1.165) is 34.6 Å². The van der Waals surface area contributed by atoms with E-state index < -0.39 is 0 Å². The summed E-state index contributed by atoms with van der Waals surface area (Å²) in [5.41, 5.74) is 2.57. The van der Waals surface area contributed by atoms with E-state index in [0.29, 0.717) is 5.95 Å². The van der Waals surface area contributed by atoms with Gasteiger partial charge in [0.15, 0.2) is 5.65 Å². The van der Waals surface area contributed by atoms with Crippen LogP contribution in [0.25, 0.3) is 22.3 Å². The molecule has 0 saturated heterocycles. The van der Waals surface area contributed by atoms with Crippen LogP contribution in [0.5, 0.6) is 5.75 Å². The monoisotopic (exact) mass is 269 g/mol. The van der Waals surface area contributed by atoms with Crippen molar-refractivity contribution in [1.82, 2.24) is 20.2 Å². The van der Waals surface area contributed by atoms with E-state index in [1.165, 1.54) is 0 Å². The number of rotatable bonds is 4. The van der Waals surface area contributed by atoms with Crippen molar-refractivity contribution >= 4 is 17.0 Å². The van der Waals surface area contributed by atoms with Gasteiger partial charge in [0.1, 0.15) is 5.75 Å². The Hall–Kier alpha value is -2.63. The van der Waals surface area contributed by atoms with Crippen LogP contribution in [0.15, 0.2) is 30.5 Å². The summed E-state index contributed by atoms with van der Waals surface area (Å²) in [5.74, 6) is 1.41. The summed E-state index contributed by atoms with van der Waals surface area (Å²) < 4.78 is 5.18. The third-order valence-electron chi connectivity index (χ3n) is 3.01. The number of nitrogens with one attached hydrogen (secondary N) is 2. The second kappa shape index (κ2) is 5.16. The van der Waals surface area contributed by atoms with Crippen molar-refractivity contribution in [2.75, 3.05) is 19.0 Å². The fourth-order valence-corrected chi connectivity index (χ4v) is 2.04. The fourth-order valence-electron chi connectivity index (χ4n) is 2.04. The lowest BCUT2D eigenvalue weighted by molar-refractivity contribution is 0.415. The highest BCUT2D eigenvalue weighted by molar-refractivity contribution is 5.90. The average molecular weight is 269 g/mol. The molecule has 0 atom stereocenters. The van der Waals surface area contributed by atoms with Gasteiger partial charge in [-0.3, -0.25) is 5.10 Å². The van der Waals surface area contributed by atoms with E-state index in [1.807, 2.05) is 31.2 Å². The molecule has 0 aliphatic heterocycles. The van der Waals surface area contributed by atoms with Crippen molar-refractivity contribution in [3.05, 3.63) is 30.5 Å². The van der Waals surface area contributed by atoms with Gasteiger partial charge in [-0.25, -0.2) is 4.98 Å². The second-order valence-corrected chi connectivity index (χ2v) is 4.29. The summed E-state index contributed by atoms with van der Waals surface area (Å²) in [6.45, 7) is 2.77. The van der Waals surface area contributed by atoms with Gasteiger partial charge in [-0.15, -0.1) is 0 Å². The molecule has 2 heterocycles. The molecule has 1 aromatic carbocycles. The number of methoxy groups -OCH3 is 1. The third-order valence-corrected chi connectivity index (χ3v) is 3.01. The van der Waals surface area contributed by atoms with Crippen LogP contribution in [0.3, 0.4) is 0 Å². The first-order valence-corrected chi connectivity index (χ1v) is 6.41. The Balaban J connectivity index is 2.14. The summed E-state index contributed by atoms with van der Waals surface area (Å²) in [6.07, 6.45) is 1.74. The number of aromatic nitrogens is 4. The number of benzene rings is 1. The van der Waals surface area contributed by atoms with Crippen molar-refractivity contribution in [3.8, 4) is 17.0 Å². The first kappa shape index (κ1) is 12.4. The van der Waals surface area contributed by atoms with E-state index >= 15 is 0 Å². The van der Waals surface area contributed by atoms with E-state index in [4.69, 9.17) is 4.74 Å². The van der Waals surface area contributed by atoms with Crippen LogP contribution in [0, 0.1) is 0 Å². The van der Waals surface area contributed by atoms with Gasteiger partial charge in [0, 0.05) is 12.1 Å². The van der Waals surface area contributed by atoms with Crippen molar-refractivity contribution in [1.29, 1.82) is 0 Å². The highest BCUT2D eigenvalue weighted by atomic mass is 16.5. The van der Waals surface area contributed by atoms with Crippen LogP contribution in [-0.4, -0.2) is 33.8 Å². The maximum Gasteiger partial charge on any atom is 0.225 e. The predicted octanol–water partition coefficient (Wildman–Crippen LogP) is 2.46. The van der Waals surface area contributed by atoms with Crippen LogP contribution in [-0.2, 0) is 0 Å². The first-order valence-electron chi connectivity index (χ1n) is 6.41. The zero-order valence-electron chi connectivity index (χ0n) is 11.3. The number of anilines is 1. The van der Waals surface area contributed by atoms with Gasteiger partial charge in [-0.05, 0) is 31.2 Å². The first-order chi connectivity index (χ1) is 9.81. The van der Waals surface area contributed by atoms with Crippen molar-refractivity contribution in [2.45, 2.75) is 6.92 Å².